The molecule has 1 saturated carbocycles. The van der Waals surface area contributed by atoms with E-state index in [0.29, 0.717) is 5.41 Å². The molecule has 1 aliphatic heterocycles. The lowest BCUT2D eigenvalue weighted by atomic mass is 9.78. The molecule has 2 aliphatic rings. The summed E-state index contributed by atoms with van der Waals surface area (Å²) in [5, 5.41) is 7.02. The molecule has 0 aromatic carbocycles. The molecule has 0 bridgehead atoms. The summed E-state index contributed by atoms with van der Waals surface area (Å²) in [7, 11) is 4.01. The van der Waals surface area contributed by atoms with Gasteiger partial charge in [-0.1, -0.05) is 26.7 Å². The van der Waals surface area contributed by atoms with Gasteiger partial charge in [-0.15, -0.1) is 24.0 Å². The minimum Gasteiger partial charge on any atom is -0.374 e. The molecule has 142 valence electrons. The van der Waals surface area contributed by atoms with Gasteiger partial charge in [0.05, 0.1) is 12.7 Å². The second-order valence-electron chi connectivity index (χ2n) is 7.87. The van der Waals surface area contributed by atoms with Crippen molar-refractivity contribution in [1.82, 2.24) is 15.5 Å². The van der Waals surface area contributed by atoms with E-state index in [1.807, 2.05) is 7.05 Å². The number of nitrogens with one attached hydrogen (secondary N) is 2. The third-order valence-corrected chi connectivity index (χ3v) is 5.20. The van der Waals surface area contributed by atoms with E-state index in [-0.39, 0.29) is 30.1 Å². The predicted octanol–water partition coefficient (Wildman–Crippen LogP) is 2.71. The lowest BCUT2D eigenvalue weighted by Gasteiger charge is -2.33. The topological polar surface area (TPSA) is 48.9 Å². The van der Waals surface area contributed by atoms with Crippen molar-refractivity contribution >= 4 is 29.9 Å². The Morgan fingerprint density at radius 3 is 2.58 bits per heavy atom. The minimum absolute atomic E-state index is 0. The van der Waals surface area contributed by atoms with Crippen LogP contribution in [0.5, 0.6) is 0 Å². The van der Waals surface area contributed by atoms with Crippen molar-refractivity contribution in [2.24, 2.45) is 16.3 Å². The fourth-order valence-electron chi connectivity index (χ4n) is 4.14. The molecule has 0 spiro atoms. The van der Waals surface area contributed by atoms with Gasteiger partial charge in [-0.3, -0.25) is 4.99 Å². The zero-order valence-electron chi connectivity index (χ0n) is 15.9. The quantitative estimate of drug-likeness (QED) is 0.370. The summed E-state index contributed by atoms with van der Waals surface area (Å²) in [4.78, 5) is 6.71. The van der Waals surface area contributed by atoms with E-state index in [0.717, 1.165) is 44.7 Å². The Kier molecular flexibility index (Phi) is 9.89. The number of halogens is 1. The Labute approximate surface area is 165 Å². The van der Waals surface area contributed by atoms with Gasteiger partial charge in [0.1, 0.15) is 0 Å². The average molecular weight is 452 g/mol. The van der Waals surface area contributed by atoms with Gasteiger partial charge in [-0.2, -0.15) is 0 Å². The van der Waals surface area contributed by atoms with Crippen LogP contribution in [0.4, 0.5) is 0 Å². The van der Waals surface area contributed by atoms with Gasteiger partial charge < -0.3 is 20.3 Å². The molecule has 1 aliphatic carbocycles. The number of nitrogens with zero attached hydrogens (tertiary/aromatic N) is 2. The number of likely N-dealkylation sites (N-methyl/N-ethyl adjacent to an activating group) is 1. The molecule has 2 rings (SSSR count). The Bertz CT molecular complexity index is 383. The molecule has 6 heteroatoms. The molecule has 1 unspecified atom stereocenters. The lowest BCUT2D eigenvalue weighted by molar-refractivity contribution is -0.0161. The highest BCUT2D eigenvalue weighted by Gasteiger charge is 2.34. The van der Waals surface area contributed by atoms with Crippen molar-refractivity contribution in [2.45, 2.75) is 52.1 Å². The van der Waals surface area contributed by atoms with E-state index >= 15 is 0 Å². The Morgan fingerprint density at radius 1 is 1.29 bits per heavy atom. The van der Waals surface area contributed by atoms with Crippen molar-refractivity contribution in [2.75, 3.05) is 46.9 Å². The van der Waals surface area contributed by atoms with Gasteiger partial charge in [0, 0.05) is 33.2 Å². The number of aliphatic imine (C=N–C) groups is 1. The minimum atomic E-state index is 0. The van der Waals surface area contributed by atoms with E-state index in [1.165, 1.54) is 32.1 Å². The van der Waals surface area contributed by atoms with Crippen molar-refractivity contribution in [3.8, 4) is 0 Å². The van der Waals surface area contributed by atoms with Crippen molar-refractivity contribution in [3.63, 3.8) is 0 Å². The van der Waals surface area contributed by atoms with Crippen molar-refractivity contribution < 1.29 is 4.74 Å². The van der Waals surface area contributed by atoms with E-state index < -0.39 is 0 Å². The van der Waals surface area contributed by atoms with Crippen LogP contribution in [0.3, 0.4) is 0 Å². The molecule has 5 nitrogen and oxygen atoms in total. The van der Waals surface area contributed by atoms with E-state index in [4.69, 9.17) is 4.74 Å². The highest BCUT2D eigenvalue weighted by atomic mass is 127. The zero-order valence-corrected chi connectivity index (χ0v) is 18.3. The number of rotatable bonds is 6. The molecule has 0 radical (unpaired) electrons. The van der Waals surface area contributed by atoms with Crippen molar-refractivity contribution in [1.29, 1.82) is 0 Å². The summed E-state index contributed by atoms with van der Waals surface area (Å²) in [5.41, 5.74) is 0.466. The predicted molar refractivity (Wildman–Crippen MR) is 112 cm³/mol. The van der Waals surface area contributed by atoms with Crippen LogP contribution >= 0.6 is 24.0 Å². The first kappa shape index (κ1) is 22.0. The molecule has 2 N–H and O–H groups in total. The summed E-state index contributed by atoms with van der Waals surface area (Å²) in [6.45, 7) is 9.38. The van der Waals surface area contributed by atoms with Crippen LogP contribution in [0.1, 0.15) is 46.0 Å². The maximum absolute atomic E-state index is 5.81. The molecular formula is C18H37IN4O. The van der Waals surface area contributed by atoms with Gasteiger partial charge in [-0.05, 0) is 37.6 Å². The van der Waals surface area contributed by atoms with Crippen LogP contribution in [0.25, 0.3) is 0 Å². The third kappa shape index (κ3) is 7.04. The molecule has 1 heterocycles. The standard InChI is InChI=1S/C18H36N4O.HI/c1-15(2)11-18(7-5-6-8-18)14-21-17(19-3)20-12-16-13-22(4)9-10-23-16;/h15-16H,5-14H2,1-4H3,(H2,19,20,21);1H. The molecule has 0 amide bonds. The Hall–Kier alpha value is -0.0800. The Morgan fingerprint density at radius 2 is 2.00 bits per heavy atom. The number of guanidine groups is 1. The second-order valence-corrected chi connectivity index (χ2v) is 7.87. The molecule has 0 aromatic heterocycles. The fourth-order valence-corrected chi connectivity index (χ4v) is 4.14. The van der Waals surface area contributed by atoms with Crippen LogP contribution in [0, 0.1) is 11.3 Å². The normalized spacial score (nSPS) is 24.7. The van der Waals surface area contributed by atoms with Gasteiger partial charge in [0.2, 0.25) is 0 Å². The van der Waals surface area contributed by atoms with Gasteiger partial charge in [-0.25, -0.2) is 0 Å². The van der Waals surface area contributed by atoms with Gasteiger partial charge in [0.25, 0.3) is 0 Å². The monoisotopic (exact) mass is 452 g/mol. The summed E-state index contributed by atoms with van der Waals surface area (Å²) >= 11 is 0. The SMILES string of the molecule is CN=C(NCC1CN(C)CCO1)NCC1(CC(C)C)CCCC1.I. The molecule has 1 atom stereocenters. The number of hydrogen-bond donors (Lipinski definition) is 2. The largest absolute Gasteiger partial charge is 0.374 e. The van der Waals surface area contributed by atoms with Crippen LogP contribution in [-0.2, 0) is 4.74 Å². The highest BCUT2D eigenvalue weighted by molar-refractivity contribution is 14.0. The zero-order chi connectivity index (χ0) is 16.7. The summed E-state index contributed by atoms with van der Waals surface area (Å²) in [5.74, 6) is 1.67. The summed E-state index contributed by atoms with van der Waals surface area (Å²) in [6, 6.07) is 0. The number of ether oxygens (including phenoxy) is 1. The first-order chi connectivity index (χ1) is 11.0. The molecule has 2 fully saturated rings. The number of hydrogen-bond acceptors (Lipinski definition) is 3. The van der Waals surface area contributed by atoms with E-state index in [9.17, 15) is 0 Å². The van der Waals surface area contributed by atoms with E-state index in [1.54, 1.807) is 0 Å². The first-order valence-electron chi connectivity index (χ1n) is 9.28. The smallest absolute Gasteiger partial charge is 0.191 e. The lowest BCUT2D eigenvalue weighted by Crippen LogP contribution is -2.49. The summed E-state index contributed by atoms with van der Waals surface area (Å²) in [6.07, 6.45) is 7.03. The number of morpholine rings is 1. The van der Waals surface area contributed by atoms with E-state index in [2.05, 4.69) is 41.4 Å². The third-order valence-electron chi connectivity index (χ3n) is 5.20. The fraction of sp³-hybridized carbons (Fsp3) is 0.944. The summed E-state index contributed by atoms with van der Waals surface area (Å²) < 4.78 is 5.81. The molecule has 24 heavy (non-hydrogen) atoms. The Balaban J connectivity index is 0.00000288. The highest BCUT2D eigenvalue weighted by Crippen LogP contribution is 2.42. The second kappa shape index (κ2) is 10.8. The van der Waals surface area contributed by atoms with Crippen LogP contribution < -0.4 is 10.6 Å². The maximum Gasteiger partial charge on any atom is 0.191 e. The molecule has 1 saturated heterocycles. The van der Waals surface area contributed by atoms with Crippen molar-refractivity contribution in [3.05, 3.63) is 0 Å². The van der Waals surface area contributed by atoms with Crippen LogP contribution in [-0.4, -0.2) is 63.8 Å². The molecular weight excluding hydrogens is 415 g/mol. The molecule has 0 aromatic rings. The van der Waals surface area contributed by atoms with Gasteiger partial charge >= 0.3 is 0 Å². The van der Waals surface area contributed by atoms with Crippen LogP contribution in [0.2, 0.25) is 0 Å². The average Bonchev–Trinajstić information content (AvgIpc) is 2.95. The van der Waals surface area contributed by atoms with Crippen LogP contribution in [0.15, 0.2) is 4.99 Å². The first-order valence-corrected chi connectivity index (χ1v) is 9.28. The van der Waals surface area contributed by atoms with Gasteiger partial charge in [0.15, 0.2) is 5.96 Å². The maximum atomic E-state index is 5.81.